The van der Waals surface area contributed by atoms with Crippen molar-refractivity contribution in [3.8, 4) is 0 Å². The molecule has 1 saturated heterocycles. The molecule has 2 aliphatic rings. The first-order valence-electron chi connectivity index (χ1n) is 13.0. The highest BCUT2D eigenvalue weighted by Gasteiger charge is 2.52. The highest BCUT2D eigenvalue weighted by Crippen LogP contribution is 2.40. The number of alkyl halides is 3. The van der Waals surface area contributed by atoms with Gasteiger partial charge >= 0.3 is 19.2 Å². The Morgan fingerprint density at radius 1 is 0.927 bits per heavy atom. The molecule has 2 N–H and O–H groups in total. The molecule has 7 nitrogen and oxygen atoms in total. The van der Waals surface area contributed by atoms with E-state index in [1.807, 2.05) is 76.2 Å². The van der Waals surface area contributed by atoms with Crippen molar-refractivity contribution in [3.05, 3.63) is 83.9 Å². The number of rotatable bonds is 5. The third-order valence-electron chi connectivity index (χ3n) is 7.70. The molecule has 0 saturated carbocycles. The summed E-state index contributed by atoms with van der Waals surface area (Å²) in [6, 6.07) is 20.7. The summed E-state index contributed by atoms with van der Waals surface area (Å²) in [5.41, 5.74) is 3.26. The van der Waals surface area contributed by atoms with E-state index in [1.165, 1.54) is 12.1 Å². The molecular formula is C30H29BF3N3O4. The van der Waals surface area contributed by atoms with Gasteiger partial charge in [-0.25, -0.2) is 0 Å². The molecule has 0 aliphatic carbocycles. The van der Waals surface area contributed by atoms with E-state index in [9.17, 15) is 22.8 Å². The van der Waals surface area contributed by atoms with Gasteiger partial charge < -0.3 is 24.8 Å². The Morgan fingerprint density at radius 3 is 2.12 bits per heavy atom. The highest BCUT2D eigenvalue weighted by molar-refractivity contribution is 6.62. The van der Waals surface area contributed by atoms with Crippen molar-refractivity contribution >= 4 is 52.7 Å². The van der Waals surface area contributed by atoms with Gasteiger partial charge in [-0.2, -0.15) is 13.2 Å². The van der Waals surface area contributed by atoms with Crippen molar-refractivity contribution in [1.82, 2.24) is 0 Å². The summed E-state index contributed by atoms with van der Waals surface area (Å²) in [6.45, 7) is 7.89. The second-order valence-electron chi connectivity index (χ2n) is 11.0. The van der Waals surface area contributed by atoms with Gasteiger partial charge in [0.05, 0.1) is 22.5 Å². The second-order valence-corrected chi connectivity index (χ2v) is 11.0. The van der Waals surface area contributed by atoms with Gasteiger partial charge in [0.25, 0.3) is 5.91 Å². The summed E-state index contributed by atoms with van der Waals surface area (Å²) < 4.78 is 51.0. The van der Waals surface area contributed by atoms with Crippen LogP contribution in [0.2, 0.25) is 0 Å². The number of hydrogen-bond acceptors (Lipinski definition) is 5. The van der Waals surface area contributed by atoms with Crippen LogP contribution in [-0.2, 0) is 18.9 Å². The number of carbonyl (C=O) groups excluding carboxylic acids is 2. The number of halogens is 3. The molecule has 0 spiro atoms. The standard InChI is InChI=1S/C30H29BF3N3O4/c1-28(2)29(3,4)41-31(40-28)19-11-16-22-23(17-19)36-26(38)24(22)25(18-9-7-6-8-10-18)35-20-12-14-21(15-13-20)37(5)27(39)30(32,33)34/h6-17,35H,1-5H3,(H,36,38)/b25-24-. The van der Waals surface area contributed by atoms with Gasteiger partial charge in [-0.15, -0.1) is 0 Å². The Balaban J connectivity index is 1.50. The fourth-order valence-corrected chi connectivity index (χ4v) is 4.67. The maximum Gasteiger partial charge on any atom is 0.494 e. The molecule has 41 heavy (non-hydrogen) atoms. The molecule has 0 unspecified atom stereocenters. The molecule has 212 valence electrons. The molecule has 0 bridgehead atoms. The van der Waals surface area contributed by atoms with E-state index < -0.39 is 30.4 Å². The summed E-state index contributed by atoms with van der Waals surface area (Å²) in [6.07, 6.45) is -4.98. The fraction of sp³-hybridized carbons (Fsp3) is 0.267. The summed E-state index contributed by atoms with van der Waals surface area (Å²) in [4.78, 5) is 25.5. The van der Waals surface area contributed by atoms with Crippen LogP contribution in [0, 0.1) is 0 Å². The van der Waals surface area contributed by atoms with Gasteiger partial charge in [0.2, 0.25) is 0 Å². The second kappa shape index (κ2) is 10.1. The van der Waals surface area contributed by atoms with Crippen molar-refractivity contribution in [2.45, 2.75) is 45.1 Å². The minimum Gasteiger partial charge on any atom is -0.399 e. The third kappa shape index (κ3) is 5.34. The predicted octanol–water partition coefficient (Wildman–Crippen LogP) is 5.44. The largest absolute Gasteiger partial charge is 0.494 e. The number of anilines is 3. The summed E-state index contributed by atoms with van der Waals surface area (Å²) in [7, 11) is 0.468. The molecule has 3 aromatic rings. The van der Waals surface area contributed by atoms with Crippen LogP contribution in [0.15, 0.2) is 72.8 Å². The number of amides is 2. The normalized spacial score (nSPS) is 18.5. The Labute approximate surface area is 236 Å². The van der Waals surface area contributed by atoms with Crippen LogP contribution in [0.25, 0.3) is 11.3 Å². The fourth-order valence-electron chi connectivity index (χ4n) is 4.67. The van der Waals surface area contributed by atoms with Crippen LogP contribution in [0.3, 0.4) is 0 Å². The zero-order valence-corrected chi connectivity index (χ0v) is 23.2. The van der Waals surface area contributed by atoms with Crippen LogP contribution in [0.1, 0.15) is 38.8 Å². The molecule has 1 fully saturated rings. The summed E-state index contributed by atoms with van der Waals surface area (Å²) >= 11 is 0. The Morgan fingerprint density at radius 2 is 1.54 bits per heavy atom. The molecule has 5 rings (SSSR count). The molecule has 2 aliphatic heterocycles. The number of fused-ring (bicyclic) bond motifs is 1. The molecule has 2 heterocycles. The number of nitrogens with one attached hydrogen (secondary N) is 2. The van der Waals surface area contributed by atoms with Gasteiger partial charge in [0.1, 0.15) is 0 Å². The van der Waals surface area contributed by atoms with Crippen molar-refractivity contribution in [2.24, 2.45) is 0 Å². The Kier molecular flexibility index (Phi) is 6.99. The van der Waals surface area contributed by atoms with Crippen molar-refractivity contribution in [1.29, 1.82) is 0 Å². The van der Waals surface area contributed by atoms with Gasteiger partial charge in [-0.1, -0.05) is 42.5 Å². The van der Waals surface area contributed by atoms with E-state index in [1.54, 1.807) is 12.1 Å². The van der Waals surface area contributed by atoms with E-state index in [4.69, 9.17) is 9.31 Å². The maximum absolute atomic E-state index is 13.4. The van der Waals surface area contributed by atoms with Gasteiger partial charge in [-0.05, 0) is 69.1 Å². The molecule has 0 aromatic heterocycles. The first-order valence-corrected chi connectivity index (χ1v) is 13.0. The Hall–Kier alpha value is -4.09. The minimum atomic E-state index is -4.98. The predicted molar refractivity (Wildman–Crippen MR) is 154 cm³/mol. The first-order chi connectivity index (χ1) is 19.2. The smallest absolute Gasteiger partial charge is 0.399 e. The molecule has 0 radical (unpaired) electrons. The lowest BCUT2D eigenvalue weighted by Crippen LogP contribution is -2.41. The van der Waals surface area contributed by atoms with E-state index in [0.29, 0.717) is 33.1 Å². The maximum atomic E-state index is 13.4. The summed E-state index contributed by atoms with van der Waals surface area (Å²) in [5, 5.41) is 6.21. The zero-order chi connectivity index (χ0) is 29.7. The lowest BCUT2D eigenvalue weighted by atomic mass is 9.78. The SMILES string of the molecule is CN(C(=O)C(F)(F)F)c1ccc(N/C(=C2\C(=O)Nc3cc(B4OC(C)(C)C(C)(C)O4)ccc32)c2ccccc2)cc1. The van der Waals surface area contributed by atoms with Crippen LogP contribution in [0.4, 0.5) is 30.2 Å². The lowest BCUT2D eigenvalue weighted by Gasteiger charge is -2.32. The molecule has 2 amide bonds. The molecular weight excluding hydrogens is 534 g/mol. The Bertz CT molecular complexity index is 1520. The van der Waals surface area contributed by atoms with Crippen molar-refractivity contribution < 1.29 is 32.1 Å². The number of hydrogen-bond donors (Lipinski definition) is 2. The molecule has 3 aromatic carbocycles. The highest BCUT2D eigenvalue weighted by atomic mass is 19.4. The van der Waals surface area contributed by atoms with E-state index >= 15 is 0 Å². The van der Waals surface area contributed by atoms with Crippen molar-refractivity contribution in [3.63, 3.8) is 0 Å². The summed E-state index contributed by atoms with van der Waals surface area (Å²) in [5.74, 6) is -2.28. The monoisotopic (exact) mass is 563 g/mol. The van der Waals surface area contributed by atoms with Crippen LogP contribution >= 0.6 is 0 Å². The van der Waals surface area contributed by atoms with Crippen LogP contribution in [0.5, 0.6) is 0 Å². The number of benzene rings is 3. The third-order valence-corrected chi connectivity index (χ3v) is 7.70. The zero-order valence-electron chi connectivity index (χ0n) is 23.2. The number of nitrogens with zero attached hydrogens (tertiary/aromatic N) is 1. The van der Waals surface area contributed by atoms with E-state index in [-0.39, 0.29) is 11.6 Å². The van der Waals surface area contributed by atoms with Crippen LogP contribution < -0.4 is 21.0 Å². The lowest BCUT2D eigenvalue weighted by molar-refractivity contribution is -0.170. The topological polar surface area (TPSA) is 79.9 Å². The quantitative estimate of drug-likeness (QED) is 0.319. The average Bonchev–Trinajstić information content (AvgIpc) is 3.36. The average molecular weight is 563 g/mol. The molecule has 0 atom stereocenters. The van der Waals surface area contributed by atoms with Gasteiger partial charge in [-0.3, -0.25) is 9.59 Å². The molecule has 11 heteroatoms. The van der Waals surface area contributed by atoms with Crippen LogP contribution in [-0.4, -0.2) is 43.4 Å². The minimum absolute atomic E-state index is 0.0750. The van der Waals surface area contributed by atoms with Gasteiger partial charge in [0.15, 0.2) is 0 Å². The van der Waals surface area contributed by atoms with Crippen molar-refractivity contribution in [2.75, 3.05) is 22.6 Å². The van der Waals surface area contributed by atoms with E-state index in [2.05, 4.69) is 10.6 Å². The van der Waals surface area contributed by atoms with Gasteiger partial charge in [0, 0.05) is 29.7 Å². The van der Waals surface area contributed by atoms with E-state index in [0.717, 1.165) is 18.1 Å². The number of carbonyl (C=O) groups is 2. The first kappa shape index (κ1) is 28.4.